The van der Waals surface area contributed by atoms with Crippen molar-refractivity contribution < 1.29 is 33.6 Å². The molecule has 38 heavy (non-hydrogen) atoms. The first-order valence-corrected chi connectivity index (χ1v) is 15.6. The SMILES string of the molecule is CCN(CC)CCCC(C)N(C(=O)OCCCC(=O)NC(PO)P(=O)(O)O)c1ccnc2cc(Cl)ccc12. The lowest BCUT2D eigenvalue weighted by atomic mass is 10.1. The second kappa shape index (κ2) is 15.7. The highest BCUT2D eigenvalue weighted by molar-refractivity contribution is 7.63. The van der Waals surface area contributed by atoms with Gasteiger partial charge < -0.3 is 29.6 Å². The molecule has 212 valence electrons. The molecule has 2 aromatic rings. The van der Waals surface area contributed by atoms with E-state index in [9.17, 15) is 14.2 Å². The topological polar surface area (TPSA) is 153 Å². The Morgan fingerprint density at radius 2 is 1.92 bits per heavy atom. The summed E-state index contributed by atoms with van der Waals surface area (Å²) in [6.45, 7) is 8.92. The predicted octanol–water partition coefficient (Wildman–Crippen LogP) is 4.29. The summed E-state index contributed by atoms with van der Waals surface area (Å²) in [5, 5.41) is 3.40. The molecule has 11 nitrogen and oxygen atoms in total. The van der Waals surface area contributed by atoms with Crippen LogP contribution in [0, 0.1) is 0 Å². The van der Waals surface area contributed by atoms with Crippen LogP contribution in [0.15, 0.2) is 30.5 Å². The highest BCUT2D eigenvalue weighted by Crippen LogP contribution is 2.46. The van der Waals surface area contributed by atoms with Gasteiger partial charge in [0.25, 0.3) is 0 Å². The number of nitrogens with one attached hydrogen (secondary N) is 1. The molecule has 0 saturated carbocycles. The molecule has 1 heterocycles. The Morgan fingerprint density at radius 1 is 1.21 bits per heavy atom. The van der Waals surface area contributed by atoms with Gasteiger partial charge in [-0.3, -0.25) is 19.2 Å². The largest absolute Gasteiger partial charge is 0.449 e. The fourth-order valence-electron chi connectivity index (χ4n) is 3.99. The number of pyridine rings is 1. The summed E-state index contributed by atoms with van der Waals surface area (Å²) in [5.41, 5.74) is -0.360. The lowest BCUT2D eigenvalue weighted by Crippen LogP contribution is -2.40. The van der Waals surface area contributed by atoms with Crippen molar-refractivity contribution in [2.45, 2.75) is 58.0 Å². The number of carbonyl (C=O) groups excluding carboxylic acids is 2. The number of aromatic nitrogens is 1. The number of rotatable bonds is 15. The molecule has 0 aliphatic carbocycles. The van der Waals surface area contributed by atoms with Crippen molar-refractivity contribution in [3.05, 3.63) is 35.5 Å². The van der Waals surface area contributed by atoms with Crippen LogP contribution >= 0.6 is 28.0 Å². The zero-order valence-corrected chi connectivity index (χ0v) is 24.5. The second-order valence-corrected chi connectivity index (χ2v) is 12.2. The predicted molar refractivity (Wildman–Crippen MR) is 151 cm³/mol. The van der Waals surface area contributed by atoms with Crippen LogP contribution in [0.1, 0.15) is 46.5 Å². The minimum atomic E-state index is -4.66. The first-order valence-electron chi connectivity index (χ1n) is 12.5. The molecule has 0 aliphatic rings. The van der Waals surface area contributed by atoms with E-state index < -0.39 is 33.9 Å². The van der Waals surface area contributed by atoms with E-state index in [4.69, 9.17) is 31.0 Å². The normalized spacial score (nSPS) is 13.7. The summed E-state index contributed by atoms with van der Waals surface area (Å²) in [6.07, 6.45) is 2.65. The molecule has 4 N–H and O–H groups in total. The van der Waals surface area contributed by atoms with E-state index in [2.05, 4.69) is 29.0 Å². The van der Waals surface area contributed by atoms with E-state index >= 15 is 0 Å². The van der Waals surface area contributed by atoms with Crippen molar-refractivity contribution in [2.75, 3.05) is 31.1 Å². The van der Waals surface area contributed by atoms with Crippen LogP contribution in [-0.2, 0) is 14.1 Å². The van der Waals surface area contributed by atoms with Crippen LogP contribution < -0.4 is 10.2 Å². The van der Waals surface area contributed by atoms with Crippen LogP contribution in [0.4, 0.5) is 10.5 Å². The Labute approximate surface area is 229 Å². The average Bonchev–Trinajstić information content (AvgIpc) is 2.87. The fraction of sp³-hybridized carbons (Fsp3) is 0.542. The molecular formula is C24H37ClN4O7P2. The van der Waals surface area contributed by atoms with Gasteiger partial charge in [-0.25, -0.2) is 4.79 Å². The van der Waals surface area contributed by atoms with Gasteiger partial charge in [-0.05, 0) is 70.1 Å². The zero-order chi connectivity index (χ0) is 28.3. The van der Waals surface area contributed by atoms with Gasteiger partial charge in [0.2, 0.25) is 5.91 Å². The second-order valence-electron chi connectivity index (χ2n) is 8.79. The maximum atomic E-state index is 13.3. The van der Waals surface area contributed by atoms with Gasteiger partial charge >= 0.3 is 13.7 Å². The number of anilines is 1. The third kappa shape index (κ3) is 9.72. The molecule has 0 aliphatic heterocycles. The number of ether oxygens (including phenoxy) is 1. The lowest BCUT2D eigenvalue weighted by Gasteiger charge is -2.30. The van der Waals surface area contributed by atoms with Crippen molar-refractivity contribution in [1.29, 1.82) is 0 Å². The van der Waals surface area contributed by atoms with Crippen LogP contribution in [0.5, 0.6) is 0 Å². The van der Waals surface area contributed by atoms with Crippen LogP contribution in [0.2, 0.25) is 5.02 Å². The van der Waals surface area contributed by atoms with Gasteiger partial charge in [0, 0.05) is 37.9 Å². The van der Waals surface area contributed by atoms with E-state index in [1.807, 2.05) is 13.0 Å². The van der Waals surface area contributed by atoms with Gasteiger partial charge in [-0.2, -0.15) is 0 Å². The summed E-state index contributed by atoms with van der Waals surface area (Å²) in [6, 6.07) is 6.83. The number of hydrogen-bond acceptors (Lipinski definition) is 7. The first-order chi connectivity index (χ1) is 18.0. The molecule has 3 atom stereocenters. The summed E-state index contributed by atoms with van der Waals surface area (Å²) >= 11 is 6.14. The molecule has 1 aromatic carbocycles. The summed E-state index contributed by atoms with van der Waals surface area (Å²) in [4.78, 5) is 61.1. The van der Waals surface area contributed by atoms with Crippen molar-refractivity contribution in [3.63, 3.8) is 0 Å². The molecule has 0 bridgehead atoms. The van der Waals surface area contributed by atoms with Crippen molar-refractivity contribution in [1.82, 2.24) is 15.2 Å². The Morgan fingerprint density at radius 3 is 2.55 bits per heavy atom. The Kier molecular flexibility index (Phi) is 13.4. The smallest absolute Gasteiger partial charge is 0.414 e. The molecule has 0 fully saturated rings. The maximum Gasteiger partial charge on any atom is 0.414 e. The third-order valence-corrected chi connectivity index (χ3v) is 8.88. The van der Waals surface area contributed by atoms with Crippen LogP contribution in [0.25, 0.3) is 10.9 Å². The highest BCUT2D eigenvalue weighted by atomic mass is 35.5. The van der Waals surface area contributed by atoms with Gasteiger partial charge in [0.1, 0.15) is 0 Å². The quantitative estimate of drug-likeness (QED) is 0.176. The van der Waals surface area contributed by atoms with Gasteiger partial charge in [-0.15, -0.1) is 0 Å². The third-order valence-electron chi connectivity index (χ3n) is 6.10. The van der Waals surface area contributed by atoms with Gasteiger partial charge in [-0.1, -0.05) is 25.4 Å². The number of carbonyl (C=O) groups is 2. The fourth-order valence-corrected chi connectivity index (χ4v) is 5.29. The number of benzene rings is 1. The number of nitrogens with zero attached hydrogens (tertiary/aromatic N) is 3. The van der Waals surface area contributed by atoms with E-state index in [0.717, 1.165) is 37.9 Å². The standard InChI is InChI=1S/C24H37ClN4O7P2/c1-4-28(5-2)14-6-8-17(3)29(21-12-13-26-20-16-18(25)10-11-19(20)21)24(31)36-15-7-9-22(30)27-23(37-32)38(33,34)35/h10-13,16-17,23,32,37H,4-9,14-15H2,1-3H3,(H,27,30)(H2,33,34,35). The molecule has 2 amide bonds. The molecule has 0 saturated heterocycles. The molecule has 14 heteroatoms. The zero-order valence-electron chi connectivity index (χ0n) is 21.8. The van der Waals surface area contributed by atoms with E-state index in [1.165, 1.54) is 0 Å². The first kappa shape index (κ1) is 32.4. The number of amides is 2. The number of halogens is 1. The van der Waals surface area contributed by atoms with Crippen molar-refractivity contribution >= 4 is 56.6 Å². The van der Waals surface area contributed by atoms with Gasteiger partial charge in [0.15, 0.2) is 5.52 Å². The summed E-state index contributed by atoms with van der Waals surface area (Å²) in [7, 11) is -5.81. The Balaban J connectivity index is 2.11. The molecule has 0 radical (unpaired) electrons. The van der Waals surface area contributed by atoms with Crippen LogP contribution in [0.3, 0.4) is 0 Å². The van der Waals surface area contributed by atoms with Gasteiger partial charge in [0.05, 0.1) is 17.8 Å². The maximum absolute atomic E-state index is 13.3. The molecule has 1 aromatic heterocycles. The number of fused-ring (bicyclic) bond motifs is 1. The molecule has 2 rings (SSSR count). The van der Waals surface area contributed by atoms with Crippen LogP contribution in [-0.4, -0.2) is 74.4 Å². The van der Waals surface area contributed by atoms with E-state index in [-0.39, 0.29) is 25.5 Å². The Hall–Kier alpha value is -1.84. The van der Waals surface area contributed by atoms with E-state index in [1.54, 1.807) is 29.3 Å². The Bertz CT molecular complexity index is 1120. The average molecular weight is 591 g/mol. The lowest BCUT2D eigenvalue weighted by molar-refractivity contribution is -0.121. The molecule has 3 unspecified atom stereocenters. The molecule has 0 spiro atoms. The highest BCUT2D eigenvalue weighted by Gasteiger charge is 2.30. The summed E-state index contributed by atoms with van der Waals surface area (Å²) < 4.78 is 16.8. The van der Waals surface area contributed by atoms with Crippen molar-refractivity contribution in [3.8, 4) is 0 Å². The molecular weight excluding hydrogens is 554 g/mol. The minimum absolute atomic E-state index is 0.0776. The number of hydrogen-bond donors (Lipinski definition) is 4. The summed E-state index contributed by atoms with van der Waals surface area (Å²) in [5.74, 6) is -0.658. The van der Waals surface area contributed by atoms with Crippen molar-refractivity contribution in [2.24, 2.45) is 0 Å². The monoisotopic (exact) mass is 590 g/mol. The van der Waals surface area contributed by atoms with E-state index in [0.29, 0.717) is 16.2 Å². The minimum Gasteiger partial charge on any atom is -0.449 e.